The first-order chi connectivity index (χ1) is 5.91. The lowest BCUT2D eigenvalue weighted by molar-refractivity contribution is -0.0289. The maximum atomic E-state index is 6.55. The molecule has 1 saturated carbocycles. The Morgan fingerprint density at radius 3 is 1.29 bits per heavy atom. The number of rotatable bonds is 0. The summed E-state index contributed by atoms with van der Waals surface area (Å²) >= 11 is 0. The molecule has 1 heteroatoms. The molecule has 0 aliphatic heterocycles. The first kappa shape index (κ1) is 12.1. The predicted molar refractivity (Wildman–Crippen MR) is 64.7 cm³/mol. The molecule has 0 atom stereocenters. The quantitative estimate of drug-likeness (QED) is 0.504. The molecule has 0 nitrogen and oxygen atoms in total. The van der Waals surface area contributed by atoms with Gasteiger partial charge < -0.3 is 0 Å². The normalized spacial score (nSPS) is 32.5. The molecule has 0 aromatic rings. The van der Waals surface area contributed by atoms with Crippen molar-refractivity contribution in [2.75, 3.05) is 0 Å². The van der Waals surface area contributed by atoms with E-state index in [1.54, 1.807) is 0 Å². The third kappa shape index (κ3) is 1.63. The van der Waals surface area contributed by atoms with Gasteiger partial charge in [-0.15, -0.1) is 0 Å². The largest absolute Gasteiger partial charge is 0.0757 e. The molecule has 0 aromatic heterocycles. The Balaban J connectivity index is 3.13. The van der Waals surface area contributed by atoms with Gasteiger partial charge in [-0.2, -0.15) is 0 Å². The van der Waals surface area contributed by atoms with Gasteiger partial charge in [0.15, 0.2) is 0 Å². The maximum absolute atomic E-state index is 6.55. The smallest absolute Gasteiger partial charge is 0.0666 e. The fourth-order valence-electron chi connectivity index (χ4n) is 3.74. The fraction of sp³-hybridized carbons (Fsp3) is 1.00. The van der Waals surface area contributed by atoms with Crippen LogP contribution in [0.25, 0.3) is 0 Å². The van der Waals surface area contributed by atoms with E-state index in [1.807, 2.05) is 0 Å². The predicted octanol–water partition coefficient (Wildman–Crippen LogP) is 4.21. The second-order valence-corrected chi connectivity index (χ2v) is 7.49. The van der Waals surface area contributed by atoms with E-state index in [2.05, 4.69) is 48.5 Å². The van der Waals surface area contributed by atoms with Crippen LogP contribution in [0.4, 0.5) is 0 Å². The third-order valence-electron chi connectivity index (χ3n) is 4.65. The second-order valence-electron chi connectivity index (χ2n) is 7.49. The number of hydrogen-bond donors (Lipinski definition) is 0. The van der Waals surface area contributed by atoms with Crippen molar-refractivity contribution in [3.05, 3.63) is 0 Å². The van der Waals surface area contributed by atoms with E-state index >= 15 is 0 Å². The van der Waals surface area contributed by atoms with Crippen LogP contribution in [0.2, 0.25) is 5.31 Å². The molecule has 1 fully saturated rings. The van der Waals surface area contributed by atoms with E-state index in [0.717, 1.165) is 0 Å². The van der Waals surface area contributed by atoms with Gasteiger partial charge in [0, 0.05) is 0 Å². The van der Waals surface area contributed by atoms with E-state index in [0.29, 0.717) is 5.41 Å². The van der Waals surface area contributed by atoms with E-state index in [-0.39, 0.29) is 16.1 Å². The SMILES string of the molecule is [B]C1(C)C(C)(C)CC(C)(C)CC1(C)C. The summed E-state index contributed by atoms with van der Waals surface area (Å²) in [4.78, 5) is 0. The van der Waals surface area contributed by atoms with E-state index in [9.17, 15) is 0 Å². The lowest BCUT2D eigenvalue weighted by atomic mass is 9.36. The third-order valence-corrected chi connectivity index (χ3v) is 4.65. The summed E-state index contributed by atoms with van der Waals surface area (Å²) in [6.45, 7) is 16.2. The molecule has 14 heavy (non-hydrogen) atoms. The molecular weight excluding hydrogens is 167 g/mol. The highest BCUT2D eigenvalue weighted by molar-refractivity contribution is 6.16. The molecule has 0 unspecified atom stereocenters. The zero-order valence-corrected chi connectivity index (χ0v) is 11.0. The summed E-state index contributed by atoms with van der Waals surface area (Å²) in [5, 5.41) is -0.0739. The monoisotopic (exact) mass is 192 g/mol. The molecule has 0 N–H and O–H groups in total. The van der Waals surface area contributed by atoms with Crippen molar-refractivity contribution in [2.45, 2.75) is 66.6 Å². The topological polar surface area (TPSA) is 0 Å². The van der Waals surface area contributed by atoms with Gasteiger partial charge in [0.25, 0.3) is 0 Å². The highest BCUT2D eigenvalue weighted by Gasteiger charge is 2.54. The molecule has 1 aliphatic rings. The summed E-state index contributed by atoms with van der Waals surface area (Å²) in [5.41, 5.74) is 0.863. The zero-order valence-electron chi connectivity index (χ0n) is 11.0. The van der Waals surface area contributed by atoms with Gasteiger partial charge in [0.05, 0.1) is 7.85 Å². The van der Waals surface area contributed by atoms with Gasteiger partial charge in [-0.25, -0.2) is 0 Å². The first-order valence-electron chi connectivity index (χ1n) is 5.70. The van der Waals surface area contributed by atoms with Crippen LogP contribution in [0.15, 0.2) is 0 Å². The van der Waals surface area contributed by atoms with Crippen molar-refractivity contribution in [3.63, 3.8) is 0 Å². The number of hydrogen-bond acceptors (Lipinski definition) is 0. The molecule has 1 aliphatic carbocycles. The van der Waals surface area contributed by atoms with Gasteiger partial charge in [-0.1, -0.05) is 53.8 Å². The molecular formula is C13H25B. The summed E-state index contributed by atoms with van der Waals surface area (Å²) in [6.07, 6.45) is 2.44. The molecule has 0 amide bonds. The van der Waals surface area contributed by atoms with Crippen molar-refractivity contribution in [1.29, 1.82) is 0 Å². The summed E-state index contributed by atoms with van der Waals surface area (Å²) in [5.74, 6) is 0. The molecule has 1 rings (SSSR count). The van der Waals surface area contributed by atoms with Crippen LogP contribution in [-0.4, -0.2) is 7.85 Å². The van der Waals surface area contributed by atoms with Crippen molar-refractivity contribution in [2.24, 2.45) is 16.2 Å². The molecule has 0 spiro atoms. The summed E-state index contributed by atoms with van der Waals surface area (Å²) < 4.78 is 0. The van der Waals surface area contributed by atoms with Crippen LogP contribution in [0.5, 0.6) is 0 Å². The highest BCUT2D eigenvalue weighted by atomic mass is 14.6. The van der Waals surface area contributed by atoms with Crippen LogP contribution in [0, 0.1) is 16.2 Å². The van der Waals surface area contributed by atoms with Crippen LogP contribution in [0.1, 0.15) is 61.3 Å². The fourth-order valence-corrected chi connectivity index (χ4v) is 3.74. The minimum atomic E-state index is -0.0739. The lowest BCUT2D eigenvalue weighted by Crippen LogP contribution is -2.50. The Morgan fingerprint density at radius 1 is 0.714 bits per heavy atom. The summed E-state index contributed by atoms with van der Waals surface area (Å²) in [6, 6.07) is 0. The Labute approximate surface area is 91.3 Å². The van der Waals surface area contributed by atoms with Gasteiger partial charge in [-0.3, -0.25) is 0 Å². The molecule has 0 saturated heterocycles. The lowest BCUT2D eigenvalue weighted by Gasteiger charge is -2.62. The minimum absolute atomic E-state index is 0.0739. The van der Waals surface area contributed by atoms with Gasteiger partial charge in [0.1, 0.15) is 0 Å². The average Bonchev–Trinajstić information content (AvgIpc) is 1.77. The van der Waals surface area contributed by atoms with Crippen LogP contribution in [-0.2, 0) is 0 Å². The van der Waals surface area contributed by atoms with Gasteiger partial charge >= 0.3 is 0 Å². The van der Waals surface area contributed by atoms with Crippen molar-refractivity contribution < 1.29 is 0 Å². The highest BCUT2D eigenvalue weighted by Crippen LogP contribution is 2.67. The molecule has 2 radical (unpaired) electrons. The van der Waals surface area contributed by atoms with Gasteiger partial charge in [-0.05, 0) is 29.1 Å². The second kappa shape index (κ2) is 2.80. The van der Waals surface area contributed by atoms with Crippen molar-refractivity contribution in [1.82, 2.24) is 0 Å². The molecule has 0 bridgehead atoms. The molecule has 0 aromatic carbocycles. The minimum Gasteiger partial charge on any atom is -0.0666 e. The van der Waals surface area contributed by atoms with E-state index < -0.39 is 0 Å². The molecule has 0 heterocycles. The van der Waals surface area contributed by atoms with Crippen LogP contribution in [0.3, 0.4) is 0 Å². The Morgan fingerprint density at radius 2 is 1.00 bits per heavy atom. The average molecular weight is 192 g/mol. The van der Waals surface area contributed by atoms with E-state index in [4.69, 9.17) is 7.85 Å². The Bertz CT molecular complexity index is 212. The first-order valence-corrected chi connectivity index (χ1v) is 5.70. The Hall–Kier alpha value is 0.0649. The van der Waals surface area contributed by atoms with Crippen molar-refractivity contribution >= 4 is 7.85 Å². The van der Waals surface area contributed by atoms with Gasteiger partial charge in [0.2, 0.25) is 0 Å². The summed E-state index contributed by atoms with van der Waals surface area (Å²) in [7, 11) is 6.55. The van der Waals surface area contributed by atoms with E-state index in [1.165, 1.54) is 12.8 Å². The maximum Gasteiger partial charge on any atom is 0.0757 e. The standard InChI is InChI=1S/C13H25B/c1-10(2)8-11(3,4)13(7,14)12(5,6)9-10/h8-9H2,1-7H3. The Kier molecular flexibility index (Phi) is 2.43. The van der Waals surface area contributed by atoms with Crippen molar-refractivity contribution in [3.8, 4) is 0 Å². The zero-order chi connectivity index (χ0) is 11.4. The van der Waals surface area contributed by atoms with Crippen LogP contribution >= 0.6 is 0 Å². The molecule has 80 valence electrons. The van der Waals surface area contributed by atoms with Crippen LogP contribution < -0.4 is 0 Å².